The third kappa shape index (κ3) is 2.65. The van der Waals surface area contributed by atoms with Gasteiger partial charge >= 0.3 is 6.61 Å². The van der Waals surface area contributed by atoms with Crippen LogP contribution in [0.4, 0.5) is 8.78 Å². The number of halogens is 2. The molecular formula is C9H12F2N2O. The maximum absolute atomic E-state index is 12.0. The Morgan fingerprint density at radius 2 is 1.93 bits per heavy atom. The molecule has 0 aliphatic carbocycles. The molecule has 0 aliphatic heterocycles. The average molecular weight is 202 g/mol. The van der Waals surface area contributed by atoms with Gasteiger partial charge in [0, 0.05) is 18.2 Å². The van der Waals surface area contributed by atoms with Crippen LogP contribution in [-0.2, 0) is 0 Å². The number of alkyl halides is 2. The molecular weight excluding hydrogens is 190 g/mol. The monoisotopic (exact) mass is 202 g/mol. The molecule has 0 saturated carbocycles. The third-order valence-electron chi connectivity index (χ3n) is 1.79. The molecule has 0 saturated heterocycles. The van der Waals surface area contributed by atoms with Crippen molar-refractivity contribution in [2.24, 2.45) is 11.5 Å². The molecule has 3 nitrogen and oxygen atoms in total. The highest BCUT2D eigenvalue weighted by molar-refractivity contribution is 5.35. The Kier molecular flexibility index (Phi) is 3.79. The van der Waals surface area contributed by atoms with Crippen molar-refractivity contribution in [2.75, 3.05) is 6.54 Å². The Morgan fingerprint density at radius 3 is 2.50 bits per heavy atom. The molecule has 0 fully saturated rings. The summed E-state index contributed by atoms with van der Waals surface area (Å²) < 4.78 is 28.2. The SMILES string of the molecule is NC[C@H](N)c1ccccc1OC(F)F. The summed E-state index contributed by atoms with van der Waals surface area (Å²) in [5.74, 6) is 0.0838. The van der Waals surface area contributed by atoms with E-state index in [0.717, 1.165) is 0 Å². The molecule has 1 aromatic rings. The van der Waals surface area contributed by atoms with Gasteiger partial charge in [0.15, 0.2) is 0 Å². The fraction of sp³-hybridized carbons (Fsp3) is 0.333. The zero-order valence-electron chi connectivity index (χ0n) is 7.49. The molecule has 0 spiro atoms. The Bertz CT molecular complexity index is 294. The highest BCUT2D eigenvalue weighted by Gasteiger charge is 2.13. The van der Waals surface area contributed by atoms with Gasteiger partial charge < -0.3 is 16.2 Å². The number of para-hydroxylation sites is 1. The summed E-state index contributed by atoms with van der Waals surface area (Å²) in [6, 6.07) is 5.88. The molecule has 14 heavy (non-hydrogen) atoms. The Hall–Kier alpha value is -1.20. The maximum Gasteiger partial charge on any atom is 0.387 e. The minimum absolute atomic E-state index is 0.0838. The summed E-state index contributed by atoms with van der Waals surface area (Å²) in [6.07, 6.45) is 0. The van der Waals surface area contributed by atoms with Crippen molar-refractivity contribution in [3.05, 3.63) is 29.8 Å². The van der Waals surface area contributed by atoms with Crippen LogP contribution in [0, 0.1) is 0 Å². The number of rotatable bonds is 4. The summed E-state index contributed by atoms with van der Waals surface area (Å²) in [4.78, 5) is 0. The second kappa shape index (κ2) is 4.88. The number of hydrogen-bond acceptors (Lipinski definition) is 3. The molecule has 4 N–H and O–H groups in total. The van der Waals surface area contributed by atoms with Gasteiger partial charge in [0.1, 0.15) is 5.75 Å². The van der Waals surface area contributed by atoms with Gasteiger partial charge in [0.25, 0.3) is 0 Å². The first-order chi connectivity index (χ1) is 6.65. The van der Waals surface area contributed by atoms with Crippen LogP contribution in [0.2, 0.25) is 0 Å². The van der Waals surface area contributed by atoms with Crippen molar-refractivity contribution in [3.8, 4) is 5.75 Å². The molecule has 0 heterocycles. The summed E-state index contributed by atoms with van der Waals surface area (Å²) in [5.41, 5.74) is 11.5. The summed E-state index contributed by atoms with van der Waals surface area (Å²) in [5, 5.41) is 0. The highest BCUT2D eigenvalue weighted by atomic mass is 19.3. The topological polar surface area (TPSA) is 61.3 Å². The first-order valence-corrected chi connectivity index (χ1v) is 4.14. The second-order valence-electron chi connectivity index (χ2n) is 2.76. The van der Waals surface area contributed by atoms with Gasteiger partial charge in [-0.05, 0) is 6.07 Å². The Balaban J connectivity index is 2.91. The number of hydrogen-bond donors (Lipinski definition) is 2. The second-order valence-corrected chi connectivity index (χ2v) is 2.76. The van der Waals surface area contributed by atoms with Crippen molar-refractivity contribution >= 4 is 0 Å². The van der Waals surface area contributed by atoms with Gasteiger partial charge in [-0.2, -0.15) is 8.78 Å². The van der Waals surface area contributed by atoms with Crippen LogP contribution in [0.25, 0.3) is 0 Å². The van der Waals surface area contributed by atoms with E-state index in [4.69, 9.17) is 11.5 Å². The predicted octanol–water partition coefficient (Wildman–Crippen LogP) is 1.25. The molecule has 0 bridgehead atoms. The predicted molar refractivity (Wildman–Crippen MR) is 49.1 cm³/mol. The first kappa shape index (κ1) is 10.9. The van der Waals surface area contributed by atoms with Crippen molar-refractivity contribution in [2.45, 2.75) is 12.7 Å². The van der Waals surface area contributed by atoms with Crippen molar-refractivity contribution < 1.29 is 13.5 Å². The fourth-order valence-electron chi connectivity index (χ4n) is 1.12. The first-order valence-electron chi connectivity index (χ1n) is 4.14. The van der Waals surface area contributed by atoms with Crippen LogP contribution in [0.3, 0.4) is 0 Å². The van der Waals surface area contributed by atoms with Crippen LogP contribution < -0.4 is 16.2 Å². The van der Waals surface area contributed by atoms with Crippen LogP contribution in [-0.4, -0.2) is 13.2 Å². The normalized spacial score (nSPS) is 12.9. The van der Waals surface area contributed by atoms with Gasteiger partial charge in [0.05, 0.1) is 0 Å². The lowest BCUT2D eigenvalue weighted by atomic mass is 10.1. The van der Waals surface area contributed by atoms with Crippen molar-refractivity contribution in [3.63, 3.8) is 0 Å². The van der Waals surface area contributed by atoms with E-state index in [9.17, 15) is 8.78 Å². The smallest absolute Gasteiger partial charge is 0.387 e. The van der Waals surface area contributed by atoms with Gasteiger partial charge in [-0.15, -0.1) is 0 Å². The van der Waals surface area contributed by atoms with E-state index < -0.39 is 12.7 Å². The minimum atomic E-state index is -2.85. The van der Waals surface area contributed by atoms with E-state index >= 15 is 0 Å². The van der Waals surface area contributed by atoms with Crippen LogP contribution >= 0.6 is 0 Å². The lowest BCUT2D eigenvalue weighted by molar-refractivity contribution is -0.0506. The summed E-state index contributed by atoms with van der Waals surface area (Å²) >= 11 is 0. The number of benzene rings is 1. The molecule has 0 aliphatic rings. The summed E-state index contributed by atoms with van der Waals surface area (Å²) in [7, 11) is 0. The Labute approximate surface area is 80.7 Å². The van der Waals surface area contributed by atoms with E-state index in [1.54, 1.807) is 18.2 Å². The Morgan fingerprint density at radius 1 is 1.29 bits per heavy atom. The molecule has 1 aromatic carbocycles. The lowest BCUT2D eigenvalue weighted by Gasteiger charge is -2.14. The standard InChI is InChI=1S/C9H12F2N2O/c10-9(11)14-8-4-2-1-3-6(8)7(13)5-12/h1-4,7,9H,5,12-13H2/t7-/m0/s1. The maximum atomic E-state index is 12.0. The van der Waals surface area contributed by atoms with Gasteiger partial charge in [0.2, 0.25) is 0 Å². The number of ether oxygens (including phenoxy) is 1. The average Bonchev–Trinajstić information content (AvgIpc) is 2.16. The van der Waals surface area contributed by atoms with Crippen molar-refractivity contribution in [1.82, 2.24) is 0 Å². The minimum Gasteiger partial charge on any atom is -0.434 e. The number of nitrogens with two attached hydrogens (primary N) is 2. The third-order valence-corrected chi connectivity index (χ3v) is 1.79. The lowest BCUT2D eigenvalue weighted by Crippen LogP contribution is -2.21. The van der Waals surface area contributed by atoms with E-state index in [-0.39, 0.29) is 12.3 Å². The van der Waals surface area contributed by atoms with E-state index in [0.29, 0.717) is 5.56 Å². The molecule has 0 radical (unpaired) electrons. The quantitative estimate of drug-likeness (QED) is 0.772. The van der Waals surface area contributed by atoms with E-state index in [1.165, 1.54) is 6.07 Å². The van der Waals surface area contributed by atoms with Crippen molar-refractivity contribution in [1.29, 1.82) is 0 Å². The van der Waals surface area contributed by atoms with Crippen LogP contribution in [0.1, 0.15) is 11.6 Å². The fourth-order valence-corrected chi connectivity index (χ4v) is 1.12. The molecule has 1 rings (SSSR count). The van der Waals surface area contributed by atoms with Crippen LogP contribution in [0.5, 0.6) is 5.75 Å². The molecule has 78 valence electrons. The zero-order valence-corrected chi connectivity index (χ0v) is 7.49. The summed E-state index contributed by atoms with van der Waals surface area (Å²) in [6.45, 7) is -2.66. The van der Waals surface area contributed by atoms with Gasteiger partial charge in [-0.3, -0.25) is 0 Å². The molecule has 0 unspecified atom stereocenters. The molecule has 0 aromatic heterocycles. The molecule has 0 amide bonds. The molecule has 5 heteroatoms. The highest BCUT2D eigenvalue weighted by Crippen LogP contribution is 2.24. The van der Waals surface area contributed by atoms with Crippen LogP contribution in [0.15, 0.2) is 24.3 Å². The molecule has 1 atom stereocenters. The van der Waals surface area contributed by atoms with Gasteiger partial charge in [-0.1, -0.05) is 18.2 Å². The van der Waals surface area contributed by atoms with E-state index in [1.807, 2.05) is 0 Å². The van der Waals surface area contributed by atoms with E-state index in [2.05, 4.69) is 4.74 Å². The largest absolute Gasteiger partial charge is 0.434 e. The zero-order chi connectivity index (χ0) is 10.6. The van der Waals surface area contributed by atoms with Gasteiger partial charge in [-0.25, -0.2) is 0 Å².